The van der Waals surface area contributed by atoms with Gasteiger partial charge in [0.1, 0.15) is 5.75 Å². The number of carbonyl (C=O) groups is 1. The Morgan fingerprint density at radius 2 is 1.90 bits per heavy atom. The topological polar surface area (TPSA) is 26.3 Å². The number of benzene rings is 2. The van der Waals surface area contributed by atoms with Crippen LogP contribution in [0, 0.1) is 0 Å². The third-order valence-electron chi connectivity index (χ3n) is 3.77. The van der Waals surface area contributed by atoms with Crippen molar-refractivity contribution in [2.75, 3.05) is 7.11 Å². The van der Waals surface area contributed by atoms with E-state index in [9.17, 15) is 4.79 Å². The van der Waals surface area contributed by atoms with Crippen LogP contribution in [0.2, 0.25) is 5.02 Å². The molecule has 0 radical (unpaired) electrons. The summed E-state index contributed by atoms with van der Waals surface area (Å²) in [5.74, 6) is 0.513. The van der Waals surface area contributed by atoms with Crippen LogP contribution in [0.3, 0.4) is 0 Å². The summed E-state index contributed by atoms with van der Waals surface area (Å²) in [6.07, 6.45) is 3.35. The summed E-state index contributed by atoms with van der Waals surface area (Å²) >= 11 is 5.99. The van der Waals surface area contributed by atoms with Crippen molar-refractivity contribution in [1.82, 2.24) is 0 Å². The molecule has 0 aliphatic heterocycles. The zero-order valence-corrected chi connectivity index (χ0v) is 12.0. The smallest absolute Gasteiger partial charge is 0.196 e. The maximum atomic E-state index is 12.6. The Morgan fingerprint density at radius 3 is 2.70 bits per heavy atom. The number of hydrogen-bond donors (Lipinski definition) is 0. The Bertz CT molecular complexity index is 677. The highest BCUT2D eigenvalue weighted by Gasteiger charge is 2.18. The minimum Gasteiger partial charge on any atom is -0.496 e. The van der Waals surface area contributed by atoms with E-state index in [1.54, 1.807) is 25.3 Å². The van der Waals surface area contributed by atoms with Crippen LogP contribution >= 0.6 is 11.6 Å². The SMILES string of the molecule is COc1ccc(Cl)cc1C(=O)c1ccc2c(c1)CCC2. The van der Waals surface area contributed by atoms with Gasteiger partial charge in [0.05, 0.1) is 12.7 Å². The summed E-state index contributed by atoms with van der Waals surface area (Å²) in [7, 11) is 1.56. The van der Waals surface area contributed by atoms with Crippen molar-refractivity contribution in [3.8, 4) is 5.75 Å². The molecule has 0 aromatic heterocycles. The summed E-state index contributed by atoms with van der Waals surface area (Å²) in [5.41, 5.74) is 3.86. The predicted molar refractivity (Wildman–Crippen MR) is 79.9 cm³/mol. The number of methoxy groups -OCH3 is 1. The fraction of sp³-hybridized carbons (Fsp3) is 0.235. The molecule has 0 amide bonds. The van der Waals surface area contributed by atoms with Crippen molar-refractivity contribution in [2.24, 2.45) is 0 Å². The number of hydrogen-bond acceptors (Lipinski definition) is 2. The first-order chi connectivity index (χ1) is 9.69. The first kappa shape index (κ1) is 13.2. The second-order valence-electron chi connectivity index (χ2n) is 5.01. The van der Waals surface area contributed by atoms with Crippen LogP contribution in [0.4, 0.5) is 0 Å². The molecule has 1 aliphatic rings. The standard InChI is InChI=1S/C17H15ClO2/c1-20-16-8-7-14(18)10-15(16)17(19)13-6-5-11-3-2-4-12(11)9-13/h5-10H,2-4H2,1H3. The summed E-state index contributed by atoms with van der Waals surface area (Å²) in [5, 5.41) is 0.537. The van der Waals surface area contributed by atoms with Crippen molar-refractivity contribution in [3.05, 3.63) is 63.7 Å². The van der Waals surface area contributed by atoms with Crippen LogP contribution in [-0.2, 0) is 12.8 Å². The highest BCUT2D eigenvalue weighted by atomic mass is 35.5. The average molecular weight is 287 g/mol. The molecule has 0 unspecified atom stereocenters. The van der Waals surface area contributed by atoms with Crippen molar-refractivity contribution in [2.45, 2.75) is 19.3 Å². The summed E-state index contributed by atoms with van der Waals surface area (Å²) < 4.78 is 5.26. The highest BCUT2D eigenvalue weighted by Crippen LogP contribution is 2.28. The number of carbonyl (C=O) groups excluding carboxylic acids is 1. The molecule has 0 saturated carbocycles. The van der Waals surface area contributed by atoms with E-state index < -0.39 is 0 Å². The summed E-state index contributed by atoms with van der Waals surface area (Å²) in [6, 6.07) is 11.1. The molecule has 20 heavy (non-hydrogen) atoms. The molecular formula is C17H15ClO2. The van der Waals surface area contributed by atoms with Crippen LogP contribution in [0.5, 0.6) is 5.75 Å². The Labute approximate surface area is 123 Å². The Morgan fingerprint density at radius 1 is 1.10 bits per heavy atom. The van der Waals surface area contributed by atoms with Gasteiger partial charge in [0, 0.05) is 10.6 Å². The minimum absolute atomic E-state index is 0.0425. The van der Waals surface area contributed by atoms with Crippen molar-refractivity contribution in [3.63, 3.8) is 0 Å². The van der Waals surface area contributed by atoms with E-state index in [0.29, 0.717) is 21.9 Å². The first-order valence-corrected chi connectivity index (χ1v) is 7.07. The molecule has 3 rings (SSSR count). The Balaban J connectivity index is 2.02. The number of aryl methyl sites for hydroxylation is 2. The molecule has 1 aliphatic carbocycles. The molecule has 0 bridgehead atoms. The molecule has 2 aromatic rings. The number of ether oxygens (including phenoxy) is 1. The molecule has 102 valence electrons. The molecule has 2 aromatic carbocycles. The van der Waals surface area contributed by atoms with E-state index >= 15 is 0 Å². The quantitative estimate of drug-likeness (QED) is 0.795. The third-order valence-corrected chi connectivity index (χ3v) is 4.00. The number of halogens is 1. The lowest BCUT2D eigenvalue weighted by molar-refractivity contribution is 0.103. The van der Waals surface area contributed by atoms with Crippen LogP contribution in [0.15, 0.2) is 36.4 Å². The second-order valence-corrected chi connectivity index (χ2v) is 5.45. The Hall–Kier alpha value is -1.80. The molecule has 0 fully saturated rings. The van der Waals surface area contributed by atoms with E-state index in [0.717, 1.165) is 12.8 Å². The molecular weight excluding hydrogens is 272 g/mol. The predicted octanol–water partition coefficient (Wildman–Crippen LogP) is 4.07. The average Bonchev–Trinajstić information content (AvgIpc) is 2.93. The monoisotopic (exact) mass is 286 g/mol. The van der Waals surface area contributed by atoms with E-state index in [1.165, 1.54) is 17.5 Å². The maximum Gasteiger partial charge on any atom is 0.196 e. The van der Waals surface area contributed by atoms with Gasteiger partial charge in [-0.15, -0.1) is 0 Å². The van der Waals surface area contributed by atoms with E-state index in [1.807, 2.05) is 12.1 Å². The molecule has 0 N–H and O–H groups in total. The van der Waals surface area contributed by atoms with Crippen LogP contribution in [-0.4, -0.2) is 12.9 Å². The molecule has 3 heteroatoms. The largest absolute Gasteiger partial charge is 0.496 e. The number of rotatable bonds is 3. The van der Waals surface area contributed by atoms with Gasteiger partial charge in [0.25, 0.3) is 0 Å². The van der Waals surface area contributed by atoms with Gasteiger partial charge in [0.15, 0.2) is 5.78 Å². The third kappa shape index (κ3) is 2.32. The van der Waals surface area contributed by atoms with Crippen molar-refractivity contribution in [1.29, 1.82) is 0 Å². The zero-order valence-electron chi connectivity index (χ0n) is 11.3. The number of ketones is 1. The molecule has 0 atom stereocenters. The van der Waals surface area contributed by atoms with Crippen LogP contribution < -0.4 is 4.74 Å². The number of fused-ring (bicyclic) bond motifs is 1. The van der Waals surface area contributed by atoms with Crippen LogP contribution in [0.25, 0.3) is 0 Å². The van der Waals surface area contributed by atoms with Crippen molar-refractivity contribution < 1.29 is 9.53 Å². The van der Waals surface area contributed by atoms with E-state index in [4.69, 9.17) is 16.3 Å². The fourth-order valence-electron chi connectivity index (χ4n) is 2.73. The van der Waals surface area contributed by atoms with Gasteiger partial charge >= 0.3 is 0 Å². The summed E-state index contributed by atoms with van der Waals surface area (Å²) in [6.45, 7) is 0. The lowest BCUT2D eigenvalue weighted by Gasteiger charge is -2.09. The molecule has 0 spiro atoms. The first-order valence-electron chi connectivity index (χ1n) is 6.69. The van der Waals surface area contributed by atoms with Crippen LogP contribution in [0.1, 0.15) is 33.5 Å². The van der Waals surface area contributed by atoms with Gasteiger partial charge in [-0.2, -0.15) is 0 Å². The zero-order chi connectivity index (χ0) is 14.1. The van der Waals surface area contributed by atoms with E-state index in [-0.39, 0.29) is 5.78 Å². The van der Waals surface area contributed by atoms with Gasteiger partial charge in [-0.3, -0.25) is 4.79 Å². The van der Waals surface area contributed by atoms with Gasteiger partial charge in [-0.1, -0.05) is 23.7 Å². The Kier molecular flexibility index (Phi) is 3.49. The normalized spacial score (nSPS) is 13.1. The lowest BCUT2D eigenvalue weighted by Crippen LogP contribution is -2.05. The molecule has 0 heterocycles. The van der Waals surface area contributed by atoms with Crippen molar-refractivity contribution >= 4 is 17.4 Å². The fourth-order valence-corrected chi connectivity index (χ4v) is 2.90. The highest BCUT2D eigenvalue weighted by molar-refractivity contribution is 6.31. The molecule has 0 saturated heterocycles. The molecule has 2 nitrogen and oxygen atoms in total. The van der Waals surface area contributed by atoms with Gasteiger partial charge in [-0.05, 0) is 54.7 Å². The minimum atomic E-state index is -0.0425. The second kappa shape index (κ2) is 5.29. The van der Waals surface area contributed by atoms with Gasteiger partial charge in [-0.25, -0.2) is 0 Å². The maximum absolute atomic E-state index is 12.6. The van der Waals surface area contributed by atoms with E-state index in [2.05, 4.69) is 6.07 Å². The summed E-state index contributed by atoms with van der Waals surface area (Å²) in [4.78, 5) is 12.6. The van der Waals surface area contributed by atoms with Gasteiger partial charge < -0.3 is 4.74 Å². The van der Waals surface area contributed by atoms with Gasteiger partial charge in [0.2, 0.25) is 0 Å². The lowest BCUT2D eigenvalue weighted by atomic mass is 9.99.